The molecule has 0 unspecified atom stereocenters. The molecule has 5 heteroatoms. The summed E-state index contributed by atoms with van der Waals surface area (Å²) in [4.78, 5) is 0. The Morgan fingerprint density at radius 3 is 1.63 bits per heavy atom. The van der Waals surface area contributed by atoms with Crippen molar-refractivity contribution in [2.24, 2.45) is 0 Å². The van der Waals surface area contributed by atoms with Gasteiger partial charge in [-0.2, -0.15) is 0 Å². The van der Waals surface area contributed by atoms with E-state index in [-0.39, 0.29) is 0 Å². The van der Waals surface area contributed by atoms with Crippen LogP contribution in [-0.2, 0) is 8.85 Å². The molecule has 19 heavy (non-hydrogen) atoms. The van der Waals surface area contributed by atoms with Crippen molar-refractivity contribution in [2.75, 3.05) is 0 Å². The molecular weight excluding hydrogens is 336 g/mol. The molecule has 1 aromatic rings. The summed E-state index contributed by atoms with van der Waals surface area (Å²) in [6.45, 7) is 13.0. The summed E-state index contributed by atoms with van der Waals surface area (Å²) in [6, 6.07) is 10.1. The summed E-state index contributed by atoms with van der Waals surface area (Å²) in [5, 5.41) is 0. The quantitative estimate of drug-likeness (QED) is 0.517. The Hall–Kier alpha value is -0.526. The second-order valence-corrected chi connectivity index (χ2v) is 16.0. The van der Waals surface area contributed by atoms with Crippen molar-refractivity contribution < 1.29 is 8.85 Å². The van der Waals surface area contributed by atoms with E-state index >= 15 is 0 Å². The fraction of sp³-hybridized carbons (Fsp3) is 0.429. The smallest absolute Gasteiger partial charge is 0.266 e. The van der Waals surface area contributed by atoms with E-state index in [0.29, 0.717) is 5.95 Å². The molecule has 1 aromatic carbocycles. The van der Waals surface area contributed by atoms with E-state index in [9.17, 15) is 0 Å². The van der Waals surface area contributed by atoms with Crippen molar-refractivity contribution in [3.05, 3.63) is 41.8 Å². The van der Waals surface area contributed by atoms with Crippen LogP contribution in [0.3, 0.4) is 0 Å². The maximum absolute atomic E-state index is 6.11. The van der Waals surface area contributed by atoms with E-state index in [1.54, 1.807) is 0 Å². The van der Waals surface area contributed by atoms with Gasteiger partial charge < -0.3 is 8.85 Å². The molecule has 106 valence electrons. The molecule has 0 N–H and O–H groups in total. The van der Waals surface area contributed by atoms with E-state index in [1.165, 1.54) is 0 Å². The van der Waals surface area contributed by atoms with E-state index in [4.69, 9.17) is 8.85 Å². The SMILES string of the molecule is C[Si](C)(C)OC(O[Si](C)(C)C)=C(Br)c1ccccc1. The molecule has 0 saturated carbocycles. The van der Waals surface area contributed by atoms with Gasteiger partial charge >= 0.3 is 0 Å². The van der Waals surface area contributed by atoms with Crippen LogP contribution in [0.1, 0.15) is 5.56 Å². The number of rotatable bonds is 5. The van der Waals surface area contributed by atoms with Crippen LogP contribution >= 0.6 is 15.9 Å². The highest BCUT2D eigenvalue weighted by atomic mass is 79.9. The molecule has 0 radical (unpaired) electrons. The summed E-state index contributed by atoms with van der Waals surface area (Å²) in [7, 11) is -3.41. The van der Waals surface area contributed by atoms with Gasteiger partial charge in [-0.3, -0.25) is 0 Å². The van der Waals surface area contributed by atoms with Gasteiger partial charge in [0.05, 0.1) is 0 Å². The number of benzene rings is 1. The minimum atomic E-state index is -1.71. The third kappa shape index (κ3) is 6.45. The molecule has 0 aliphatic heterocycles. The largest absolute Gasteiger partial charge is 0.520 e. The lowest BCUT2D eigenvalue weighted by molar-refractivity contribution is 0.221. The topological polar surface area (TPSA) is 18.5 Å². The number of halogens is 1. The molecule has 1 rings (SSSR count). The summed E-state index contributed by atoms with van der Waals surface area (Å²) in [5.41, 5.74) is 1.08. The fourth-order valence-corrected chi connectivity index (χ4v) is 3.58. The highest BCUT2D eigenvalue weighted by molar-refractivity contribution is 9.15. The zero-order valence-corrected chi connectivity index (χ0v) is 16.2. The van der Waals surface area contributed by atoms with Crippen LogP contribution in [0.2, 0.25) is 39.3 Å². The van der Waals surface area contributed by atoms with Gasteiger partial charge in [0.2, 0.25) is 16.6 Å². The Morgan fingerprint density at radius 2 is 1.26 bits per heavy atom. The van der Waals surface area contributed by atoms with Crippen LogP contribution in [0.5, 0.6) is 0 Å². The van der Waals surface area contributed by atoms with E-state index in [2.05, 4.69) is 55.2 Å². The highest BCUT2D eigenvalue weighted by Gasteiger charge is 2.26. The second-order valence-electron chi connectivity index (χ2n) is 6.40. The summed E-state index contributed by atoms with van der Waals surface area (Å²) >= 11 is 3.63. The predicted molar refractivity (Wildman–Crippen MR) is 91.2 cm³/mol. The standard InChI is InChI=1S/C14H23BrO2Si2/c1-18(2,3)16-14(17-19(4,5)6)13(15)12-10-8-7-9-11-12/h7-11H,1-6H3. The van der Waals surface area contributed by atoms with Gasteiger partial charge in [-0.1, -0.05) is 30.3 Å². The highest BCUT2D eigenvalue weighted by Crippen LogP contribution is 2.30. The minimum Gasteiger partial charge on any atom is -0.520 e. The first kappa shape index (κ1) is 16.5. The molecule has 0 atom stereocenters. The van der Waals surface area contributed by atoms with Crippen LogP contribution in [-0.4, -0.2) is 16.6 Å². The first-order valence-electron chi connectivity index (χ1n) is 6.42. The molecule has 0 heterocycles. The first-order chi connectivity index (χ1) is 8.58. The lowest BCUT2D eigenvalue weighted by atomic mass is 10.2. The average molecular weight is 359 g/mol. The fourth-order valence-electron chi connectivity index (χ4n) is 1.37. The van der Waals surface area contributed by atoms with Crippen molar-refractivity contribution in [3.8, 4) is 0 Å². The van der Waals surface area contributed by atoms with E-state index in [0.717, 1.165) is 10.0 Å². The van der Waals surface area contributed by atoms with Gasteiger partial charge in [0.25, 0.3) is 5.95 Å². The van der Waals surface area contributed by atoms with Crippen LogP contribution < -0.4 is 0 Å². The van der Waals surface area contributed by atoms with Crippen LogP contribution in [0.25, 0.3) is 4.48 Å². The van der Waals surface area contributed by atoms with Crippen LogP contribution in [0, 0.1) is 0 Å². The van der Waals surface area contributed by atoms with Gasteiger partial charge in [0.1, 0.15) is 4.48 Å². The zero-order valence-electron chi connectivity index (χ0n) is 12.6. The average Bonchev–Trinajstić information content (AvgIpc) is 2.24. The number of hydrogen-bond donors (Lipinski definition) is 0. The molecule has 0 spiro atoms. The molecule has 0 aliphatic carbocycles. The Balaban J connectivity index is 3.14. The van der Waals surface area contributed by atoms with Crippen LogP contribution in [0.4, 0.5) is 0 Å². The Morgan fingerprint density at radius 1 is 0.842 bits per heavy atom. The third-order valence-electron chi connectivity index (χ3n) is 2.00. The van der Waals surface area contributed by atoms with Crippen molar-refractivity contribution in [2.45, 2.75) is 39.3 Å². The lowest BCUT2D eigenvalue weighted by Gasteiger charge is -2.28. The van der Waals surface area contributed by atoms with Crippen molar-refractivity contribution >= 4 is 37.0 Å². The summed E-state index contributed by atoms with van der Waals surface area (Å²) < 4.78 is 13.1. The zero-order chi connectivity index (χ0) is 14.7. The van der Waals surface area contributed by atoms with Gasteiger partial charge in [0, 0.05) is 0 Å². The Labute approximate surface area is 127 Å². The number of hydrogen-bond acceptors (Lipinski definition) is 2. The molecule has 0 fully saturated rings. The third-order valence-corrected chi connectivity index (χ3v) is 4.38. The van der Waals surface area contributed by atoms with Gasteiger partial charge in [-0.05, 0) is 60.8 Å². The van der Waals surface area contributed by atoms with E-state index in [1.807, 2.05) is 30.3 Å². The molecular formula is C14H23BrO2Si2. The monoisotopic (exact) mass is 358 g/mol. The second kappa shape index (κ2) is 6.28. The van der Waals surface area contributed by atoms with Crippen molar-refractivity contribution in [1.82, 2.24) is 0 Å². The normalized spacial score (nSPS) is 11.9. The molecule has 0 aliphatic rings. The molecule has 0 amide bonds. The Kier molecular flexibility index (Phi) is 5.47. The van der Waals surface area contributed by atoms with Gasteiger partial charge in [-0.15, -0.1) is 0 Å². The van der Waals surface area contributed by atoms with Crippen molar-refractivity contribution in [3.63, 3.8) is 0 Å². The Bertz CT molecular complexity index is 427. The first-order valence-corrected chi connectivity index (χ1v) is 14.0. The van der Waals surface area contributed by atoms with Gasteiger partial charge in [0.15, 0.2) is 0 Å². The minimum absolute atomic E-state index is 0.643. The molecule has 0 aromatic heterocycles. The van der Waals surface area contributed by atoms with Crippen molar-refractivity contribution in [1.29, 1.82) is 0 Å². The van der Waals surface area contributed by atoms with Gasteiger partial charge in [-0.25, -0.2) is 0 Å². The predicted octanol–water partition coefficient (Wildman–Crippen LogP) is 5.41. The maximum atomic E-state index is 6.11. The molecule has 0 saturated heterocycles. The maximum Gasteiger partial charge on any atom is 0.266 e. The van der Waals surface area contributed by atoms with E-state index < -0.39 is 16.6 Å². The summed E-state index contributed by atoms with van der Waals surface area (Å²) in [6.07, 6.45) is 0. The summed E-state index contributed by atoms with van der Waals surface area (Å²) in [5.74, 6) is 0.643. The molecule has 2 nitrogen and oxygen atoms in total. The lowest BCUT2D eigenvalue weighted by Crippen LogP contribution is -2.32. The van der Waals surface area contributed by atoms with Crippen LogP contribution in [0.15, 0.2) is 36.3 Å². The molecule has 0 bridgehead atoms.